The first-order valence-electron chi connectivity index (χ1n) is 6.65. The van der Waals surface area contributed by atoms with Crippen LogP contribution >= 0.6 is 15.9 Å². The first kappa shape index (κ1) is 13.9. The Labute approximate surface area is 130 Å². The van der Waals surface area contributed by atoms with Crippen LogP contribution in [0.15, 0.2) is 56.0 Å². The maximum absolute atomic E-state index is 12.0. The Bertz CT molecular complexity index is 742. The largest absolute Gasteiger partial charge is 0.461 e. The number of amides is 1. The van der Waals surface area contributed by atoms with Gasteiger partial charge in [-0.1, -0.05) is 18.2 Å². The van der Waals surface area contributed by atoms with Crippen LogP contribution in [0.4, 0.5) is 0 Å². The average Bonchev–Trinajstić information content (AvgIpc) is 3.03. The molecule has 1 atom stereocenters. The third-order valence-corrected chi connectivity index (χ3v) is 3.58. The minimum absolute atomic E-state index is 0.0538. The van der Waals surface area contributed by atoms with Crippen molar-refractivity contribution in [3.05, 3.63) is 58.7 Å². The molecule has 0 saturated carbocycles. The highest BCUT2D eigenvalue weighted by Crippen LogP contribution is 2.20. The summed E-state index contributed by atoms with van der Waals surface area (Å²) in [5.41, 5.74) is 0.862. The van der Waals surface area contributed by atoms with E-state index in [4.69, 9.17) is 8.83 Å². The van der Waals surface area contributed by atoms with Crippen molar-refractivity contribution in [2.45, 2.75) is 19.4 Å². The van der Waals surface area contributed by atoms with Crippen molar-refractivity contribution < 1.29 is 13.6 Å². The van der Waals surface area contributed by atoms with Gasteiger partial charge >= 0.3 is 0 Å². The number of nitrogens with one attached hydrogen (secondary N) is 1. The van der Waals surface area contributed by atoms with Gasteiger partial charge in [0.2, 0.25) is 0 Å². The number of hydrogen-bond acceptors (Lipinski definition) is 3. The maximum atomic E-state index is 12.0. The normalized spacial score (nSPS) is 12.5. The Morgan fingerprint density at radius 2 is 2.05 bits per heavy atom. The maximum Gasteiger partial charge on any atom is 0.287 e. The number of carbonyl (C=O) groups is 1. The molecule has 0 unspecified atom stereocenters. The van der Waals surface area contributed by atoms with Crippen molar-refractivity contribution in [2.24, 2.45) is 0 Å². The smallest absolute Gasteiger partial charge is 0.287 e. The van der Waals surface area contributed by atoms with Gasteiger partial charge in [0.15, 0.2) is 10.4 Å². The first-order chi connectivity index (χ1) is 10.1. The molecule has 0 fully saturated rings. The molecule has 108 valence electrons. The summed E-state index contributed by atoms with van der Waals surface area (Å²) in [5, 5.41) is 3.96. The second kappa shape index (κ2) is 5.77. The Kier molecular flexibility index (Phi) is 3.84. The van der Waals surface area contributed by atoms with Gasteiger partial charge in [-0.2, -0.15) is 0 Å². The Morgan fingerprint density at radius 3 is 2.76 bits per heavy atom. The van der Waals surface area contributed by atoms with Crippen molar-refractivity contribution >= 4 is 32.8 Å². The molecular weight excluding hydrogens is 334 g/mol. The fourth-order valence-electron chi connectivity index (χ4n) is 2.22. The number of rotatable bonds is 4. The van der Waals surface area contributed by atoms with E-state index in [9.17, 15) is 4.79 Å². The van der Waals surface area contributed by atoms with Crippen LogP contribution in [-0.2, 0) is 6.42 Å². The molecule has 1 N–H and O–H groups in total. The first-order valence-corrected chi connectivity index (χ1v) is 7.45. The van der Waals surface area contributed by atoms with Crippen LogP contribution in [0.3, 0.4) is 0 Å². The minimum atomic E-state index is -0.232. The van der Waals surface area contributed by atoms with Gasteiger partial charge in [-0.25, -0.2) is 0 Å². The third kappa shape index (κ3) is 3.19. The number of carbonyl (C=O) groups excluding carboxylic acids is 1. The predicted molar refractivity (Wildman–Crippen MR) is 83.3 cm³/mol. The highest BCUT2D eigenvalue weighted by Gasteiger charge is 2.15. The van der Waals surface area contributed by atoms with Crippen LogP contribution in [-0.4, -0.2) is 11.9 Å². The summed E-state index contributed by atoms with van der Waals surface area (Å²) in [6.45, 7) is 1.93. The molecule has 1 aromatic carbocycles. The molecule has 0 aliphatic heterocycles. The van der Waals surface area contributed by atoms with Crippen LogP contribution in [0, 0.1) is 0 Å². The molecule has 0 radical (unpaired) electrons. The second-order valence-electron chi connectivity index (χ2n) is 4.93. The van der Waals surface area contributed by atoms with Gasteiger partial charge in [0.1, 0.15) is 11.3 Å². The Balaban J connectivity index is 1.65. The van der Waals surface area contributed by atoms with Gasteiger partial charge in [0.05, 0.1) is 0 Å². The zero-order chi connectivity index (χ0) is 14.8. The molecule has 4 nitrogen and oxygen atoms in total. The molecule has 3 rings (SSSR count). The summed E-state index contributed by atoms with van der Waals surface area (Å²) in [7, 11) is 0. The summed E-state index contributed by atoms with van der Waals surface area (Å²) in [6.07, 6.45) is 0.627. The van der Waals surface area contributed by atoms with Gasteiger partial charge in [-0.3, -0.25) is 4.79 Å². The van der Waals surface area contributed by atoms with Gasteiger partial charge in [-0.05, 0) is 47.1 Å². The van der Waals surface area contributed by atoms with Crippen LogP contribution in [0.1, 0.15) is 23.2 Å². The van der Waals surface area contributed by atoms with E-state index in [1.165, 1.54) is 0 Å². The number of fused-ring (bicyclic) bond motifs is 1. The molecule has 0 saturated heterocycles. The lowest BCUT2D eigenvalue weighted by Gasteiger charge is -2.10. The van der Waals surface area contributed by atoms with Crippen LogP contribution < -0.4 is 5.32 Å². The topological polar surface area (TPSA) is 55.4 Å². The monoisotopic (exact) mass is 347 g/mol. The standard InChI is InChI=1S/C16H14BrNO3/c1-10(18-16(19)14-6-7-15(17)21-14)8-12-9-11-4-2-3-5-13(11)20-12/h2-7,9-10H,8H2,1H3,(H,18,19)/t10-/m0/s1. The fraction of sp³-hybridized carbons (Fsp3) is 0.188. The molecule has 0 aliphatic rings. The molecule has 3 aromatic rings. The summed E-state index contributed by atoms with van der Waals surface area (Å²) in [5.74, 6) is 0.910. The lowest BCUT2D eigenvalue weighted by Crippen LogP contribution is -2.33. The van der Waals surface area contributed by atoms with Crippen molar-refractivity contribution in [3.8, 4) is 0 Å². The highest BCUT2D eigenvalue weighted by atomic mass is 79.9. The lowest BCUT2D eigenvalue weighted by atomic mass is 10.1. The average molecular weight is 348 g/mol. The van der Waals surface area contributed by atoms with E-state index in [2.05, 4.69) is 21.2 Å². The molecule has 0 aliphatic carbocycles. The van der Waals surface area contributed by atoms with Gasteiger partial charge < -0.3 is 14.2 Å². The van der Waals surface area contributed by atoms with Gasteiger partial charge in [-0.15, -0.1) is 0 Å². The molecule has 0 spiro atoms. The second-order valence-corrected chi connectivity index (χ2v) is 5.71. The number of benzene rings is 1. The summed E-state index contributed by atoms with van der Waals surface area (Å²) in [6, 6.07) is 13.1. The predicted octanol–water partition coefficient (Wildman–Crippen LogP) is 4.15. The number of furan rings is 2. The van der Waals surface area contributed by atoms with E-state index in [0.717, 1.165) is 16.7 Å². The minimum Gasteiger partial charge on any atom is -0.461 e. The molecule has 1 amide bonds. The van der Waals surface area contributed by atoms with E-state index in [1.54, 1.807) is 12.1 Å². The molecule has 2 aromatic heterocycles. The molecule has 21 heavy (non-hydrogen) atoms. The summed E-state index contributed by atoms with van der Waals surface area (Å²) >= 11 is 3.18. The van der Waals surface area contributed by atoms with Crippen molar-refractivity contribution in [2.75, 3.05) is 0 Å². The zero-order valence-corrected chi connectivity index (χ0v) is 13.0. The quantitative estimate of drug-likeness (QED) is 0.771. The Hall–Kier alpha value is -2.01. The molecule has 5 heteroatoms. The van der Waals surface area contributed by atoms with Crippen molar-refractivity contribution in [1.82, 2.24) is 5.32 Å². The van der Waals surface area contributed by atoms with Crippen molar-refractivity contribution in [3.63, 3.8) is 0 Å². The highest BCUT2D eigenvalue weighted by molar-refractivity contribution is 9.10. The van der Waals surface area contributed by atoms with E-state index in [-0.39, 0.29) is 11.9 Å². The number of para-hydroxylation sites is 1. The van der Waals surface area contributed by atoms with Crippen LogP contribution in [0.5, 0.6) is 0 Å². The zero-order valence-electron chi connectivity index (χ0n) is 11.4. The number of halogens is 1. The third-order valence-electron chi connectivity index (χ3n) is 3.16. The van der Waals surface area contributed by atoms with E-state index >= 15 is 0 Å². The summed E-state index contributed by atoms with van der Waals surface area (Å²) in [4.78, 5) is 12.0. The molecule has 2 heterocycles. The fourth-order valence-corrected chi connectivity index (χ4v) is 2.53. The molecular formula is C16H14BrNO3. The number of hydrogen-bond donors (Lipinski definition) is 1. The van der Waals surface area contributed by atoms with Gasteiger partial charge in [0, 0.05) is 17.8 Å². The molecule has 0 bridgehead atoms. The van der Waals surface area contributed by atoms with Gasteiger partial charge in [0.25, 0.3) is 5.91 Å². The van der Waals surface area contributed by atoms with E-state index in [1.807, 2.05) is 37.3 Å². The van der Waals surface area contributed by atoms with Crippen LogP contribution in [0.2, 0.25) is 0 Å². The summed E-state index contributed by atoms with van der Waals surface area (Å²) < 4.78 is 11.5. The lowest BCUT2D eigenvalue weighted by molar-refractivity contribution is 0.0910. The van der Waals surface area contributed by atoms with Crippen LogP contribution in [0.25, 0.3) is 11.0 Å². The SMILES string of the molecule is C[C@@H](Cc1cc2ccccc2o1)NC(=O)c1ccc(Br)o1. The van der Waals surface area contributed by atoms with E-state index in [0.29, 0.717) is 16.9 Å². The Morgan fingerprint density at radius 1 is 1.24 bits per heavy atom. The van der Waals surface area contributed by atoms with E-state index < -0.39 is 0 Å². The van der Waals surface area contributed by atoms with Crippen molar-refractivity contribution in [1.29, 1.82) is 0 Å².